The molecule has 0 aromatic carbocycles. The summed E-state index contributed by atoms with van der Waals surface area (Å²) in [6, 6.07) is 3.41. The van der Waals surface area contributed by atoms with Crippen molar-refractivity contribution < 1.29 is 23.9 Å². The van der Waals surface area contributed by atoms with Gasteiger partial charge in [-0.1, -0.05) is 6.07 Å². The number of aromatic nitrogens is 1. The van der Waals surface area contributed by atoms with Crippen LogP contribution in [0.1, 0.15) is 60.2 Å². The van der Waals surface area contributed by atoms with Crippen LogP contribution in [0.15, 0.2) is 12.1 Å². The smallest absolute Gasteiger partial charge is 0.410 e. The van der Waals surface area contributed by atoms with Crippen molar-refractivity contribution in [3.05, 3.63) is 29.1 Å². The van der Waals surface area contributed by atoms with Gasteiger partial charge in [-0.15, -0.1) is 0 Å². The highest BCUT2D eigenvalue weighted by molar-refractivity contribution is 5.97. The van der Waals surface area contributed by atoms with E-state index in [1.165, 1.54) is 7.11 Å². The number of hydrogen-bond acceptors (Lipinski definition) is 6. The van der Waals surface area contributed by atoms with E-state index < -0.39 is 11.6 Å². The maximum atomic E-state index is 13.0. The Morgan fingerprint density at radius 2 is 1.82 bits per heavy atom. The van der Waals surface area contributed by atoms with Gasteiger partial charge in [0.25, 0.3) is 5.91 Å². The largest absolute Gasteiger partial charge is 0.464 e. The van der Waals surface area contributed by atoms with Gasteiger partial charge in [-0.25, -0.2) is 14.6 Å². The second-order valence-corrected chi connectivity index (χ2v) is 8.14. The molecule has 3 heterocycles. The maximum absolute atomic E-state index is 13.0. The third-order valence-corrected chi connectivity index (χ3v) is 5.02. The van der Waals surface area contributed by atoms with Gasteiger partial charge in [0.15, 0.2) is 0 Å². The molecule has 0 atom stereocenters. The first kappa shape index (κ1) is 20.1. The van der Waals surface area contributed by atoms with E-state index in [0.29, 0.717) is 44.6 Å². The highest BCUT2D eigenvalue weighted by Gasteiger charge is 2.35. The summed E-state index contributed by atoms with van der Waals surface area (Å²) in [6.07, 6.45) is 1.76. The summed E-state index contributed by atoms with van der Waals surface area (Å²) in [6.45, 7) is 7.24. The van der Waals surface area contributed by atoms with E-state index in [1.54, 1.807) is 17.0 Å². The first-order valence-electron chi connectivity index (χ1n) is 9.57. The van der Waals surface area contributed by atoms with Gasteiger partial charge in [-0.3, -0.25) is 4.79 Å². The summed E-state index contributed by atoms with van der Waals surface area (Å²) in [7, 11) is 1.29. The number of methoxy groups -OCH3 is 1. The fourth-order valence-electron chi connectivity index (χ4n) is 3.61. The van der Waals surface area contributed by atoms with Gasteiger partial charge in [-0.2, -0.15) is 0 Å². The number of carbonyl (C=O) groups excluding carboxylic acids is 3. The van der Waals surface area contributed by atoms with Crippen LogP contribution in [0.2, 0.25) is 0 Å². The van der Waals surface area contributed by atoms with E-state index in [-0.39, 0.29) is 23.7 Å². The van der Waals surface area contributed by atoms with Gasteiger partial charge < -0.3 is 19.3 Å². The molecule has 2 aliphatic heterocycles. The summed E-state index contributed by atoms with van der Waals surface area (Å²) in [4.78, 5) is 44.7. The third kappa shape index (κ3) is 4.26. The van der Waals surface area contributed by atoms with Crippen LogP contribution in [0.5, 0.6) is 0 Å². The van der Waals surface area contributed by atoms with Crippen LogP contribution in [0, 0.1) is 0 Å². The second kappa shape index (κ2) is 7.77. The molecule has 0 bridgehead atoms. The summed E-state index contributed by atoms with van der Waals surface area (Å²) in [5.74, 6) is -0.721. The number of piperidine rings is 1. The van der Waals surface area contributed by atoms with Crippen molar-refractivity contribution in [2.75, 3.05) is 26.7 Å². The van der Waals surface area contributed by atoms with Gasteiger partial charge in [0.1, 0.15) is 17.0 Å². The number of esters is 1. The zero-order valence-corrected chi connectivity index (χ0v) is 16.9. The Kier molecular flexibility index (Phi) is 5.58. The molecule has 152 valence electrons. The predicted octanol–water partition coefficient (Wildman–Crippen LogP) is 2.27. The number of ether oxygens (including phenoxy) is 2. The third-order valence-electron chi connectivity index (χ3n) is 5.02. The monoisotopic (exact) mass is 389 g/mol. The van der Waals surface area contributed by atoms with Gasteiger partial charge in [-0.05, 0) is 51.7 Å². The Balaban J connectivity index is 1.66. The van der Waals surface area contributed by atoms with Gasteiger partial charge in [0.2, 0.25) is 0 Å². The van der Waals surface area contributed by atoms with Crippen molar-refractivity contribution in [1.82, 2.24) is 14.8 Å². The van der Waals surface area contributed by atoms with Crippen LogP contribution in [-0.4, -0.2) is 71.1 Å². The zero-order valence-electron chi connectivity index (χ0n) is 16.9. The fourth-order valence-corrected chi connectivity index (χ4v) is 3.61. The summed E-state index contributed by atoms with van der Waals surface area (Å²) in [5, 5.41) is 0. The minimum Gasteiger partial charge on any atom is -0.464 e. The lowest BCUT2D eigenvalue weighted by Crippen LogP contribution is -2.51. The van der Waals surface area contributed by atoms with Gasteiger partial charge in [0.05, 0.1) is 7.11 Å². The van der Waals surface area contributed by atoms with Crippen molar-refractivity contribution in [2.24, 2.45) is 0 Å². The number of pyridine rings is 1. The number of likely N-dealkylation sites (tertiary alicyclic amines) is 1. The standard InChI is InChI=1S/C20H27N3O5/c1-20(2,3)28-19(26)22-10-8-14(9-11-22)23-12-7-13-5-6-15(18(25)27-4)21-16(13)17(23)24/h5-6,14H,7-12H2,1-4H3. The summed E-state index contributed by atoms with van der Waals surface area (Å²) < 4.78 is 10.1. The molecule has 8 nitrogen and oxygen atoms in total. The van der Waals surface area contributed by atoms with E-state index >= 15 is 0 Å². The van der Waals surface area contributed by atoms with Gasteiger partial charge in [0, 0.05) is 25.7 Å². The lowest BCUT2D eigenvalue weighted by atomic mass is 9.97. The zero-order chi connectivity index (χ0) is 20.5. The number of carbonyl (C=O) groups is 3. The molecule has 1 fully saturated rings. The van der Waals surface area contributed by atoms with Crippen molar-refractivity contribution in [3.63, 3.8) is 0 Å². The van der Waals surface area contributed by atoms with E-state index in [4.69, 9.17) is 9.47 Å². The Hall–Kier alpha value is -2.64. The Labute approximate surface area is 164 Å². The quantitative estimate of drug-likeness (QED) is 0.721. The lowest BCUT2D eigenvalue weighted by Gasteiger charge is -2.40. The average Bonchev–Trinajstić information content (AvgIpc) is 2.66. The first-order chi connectivity index (χ1) is 13.2. The van der Waals surface area contributed by atoms with E-state index in [0.717, 1.165) is 5.56 Å². The van der Waals surface area contributed by atoms with E-state index in [1.807, 2.05) is 25.7 Å². The molecule has 1 aromatic rings. The van der Waals surface area contributed by atoms with Crippen molar-refractivity contribution in [1.29, 1.82) is 0 Å². The van der Waals surface area contributed by atoms with Crippen molar-refractivity contribution in [2.45, 2.75) is 51.7 Å². The van der Waals surface area contributed by atoms with Crippen LogP contribution in [0.3, 0.4) is 0 Å². The number of fused-ring (bicyclic) bond motifs is 1. The molecule has 0 radical (unpaired) electrons. The van der Waals surface area contributed by atoms with E-state index in [2.05, 4.69) is 4.98 Å². The molecule has 0 saturated carbocycles. The highest BCUT2D eigenvalue weighted by atomic mass is 16.6. The molecular formula is C20H27N3O5. The van der Waals surface area contributed by atoms with E-state index in [9.17, 15) is 14.4 Å². The Morgan fingerprint density at radius 1 is 1.14 bits per heavy atom. The van der Waals surface area contributed by atoms with Crippen molar-refractivity contribution in [3.8, 4) is 0 Å². The minimum absolute atomic E-state index is 0.0444. The molecular weight excluding hydrogens is 362 g/mol. The Bertz CT molecular complexity index is 779. The number of rotatable bonds is 2. The summed E-state index contributed by atoms with van der Waals surface area (Å²) in [5.41, 5.74) is 0.781. The average molecular weight is 389 g/mol. The van der Waals surface area contributed by atoms with Crippen molar-refractivity contribution >= 4 is 18.0 Å². The topological polar surface area (TPSA) is 89.0 Å². The van der Waals surface area contributed by atoms with Crippen LogP contribution in [-0.2, 0) is 15.9 Å². The molecule has 8 heteroatoms. The highest BCUT2D eigenvalue weighted by Crippen LogP contribution is 2.25. The van der Waals surface area contributed by atoms with Crippen LogP contribution in [0.25, 0.3) is 0 Å². The SMILES string of the molecule is COC(=O)c1ccc2c(n1)C(=O)N(C1CCN(C(=O)OC(C)(C)C)CC1)CC2. The normalized spacial score (nSPS) is 17.9. The molecule has 0 aliphatic carbocycles. The maximum Gasteiger partial charge on any atom is 0.410 e. The molecule has 1 aromatic heterocycles. The van der Waals surface area contributed by atoms with Crippen LogP contribution < -0.4 is 0 Å². The number of amides is 2. The number of nitrogens with zero attached hydrogens (tertiary/aromatic N) is 3. The van der Waals surface area contributed by atoms with Crippen LogP contribution in [0.4, 0.5) is 4.79 Å². The molecule has 3 rings (SSSR count). The molecule has 2 amide bonds. The molecule has 1 saturated heterocycles. The lowest BCUT2D eigenvalue weighted by molar-refractivity contribution is 0.0143. The predicted molar refractivity (Wildman–Crippen MR) is 101 cm³/mol. The molecule has 0 spiro atoms. The minimum atomic E-state index is -0.557. The van der Waals surface area contributed by atoms with Crippen LogP contribution >= 0.6 is 0 Å². The molecule has 28 heavy (non-hydrogen) atoms. The first-order valence-corrected chi connectivity index (χ1v) is 9.57. The summed E-state index contributed by atoms with van der Waals surface area (Å²) >= 11 is 0. The molecule has 0 unspecified atom stereocenters. The Morgan fingerprint density at radius 3 is 2.43 bits per heavy atom. The second-order valence-electron chi connectivity index (χ2n) is 8.14. The molecule has 2 aliphatic rings. The fraction of sp³-hybridized carbons (Fsp3) is 0.600. The number of hydrogen-bond donors (Lipinski definition) is 0. The molecule has 0 N–H and O–H groups in total. The van der Waals surface area contributed by atoms with Gasteiger partial charge >= 0.3 is 12.1 Å².